The maximum atomic E-state index is 6.55. The Bertz CT molecular complexity index is 1330. The molecule has 1 aliphatic rings. The van der Waals surface area contributed by atoms with Crippen molar-refractivity contribution in [1.82, 2.24) is 4.98 Å². The summed E-state index contributed by atoms with van der Waals surface area (Å²) in [6.45, 7) is 8.01. The first-order valence-corrected chi connectivity index (χ1v) is 16.3. The summed E-state index contributed by atoms with van der Waals surface area (Å²) in [4.78, 5) is 4.77. The van der Waals surface area contributed by atoms with E-state index in [2.05, 4.69) is 91.0 Å². The lowest BCUT2D eigenvalue weighted by atomic mass is 10.0. The number of halogens is 1. The smallest absolute Gasteiger partial charge is 0.218 e. The van der Waals surface area contributed by atoms with E-state index in [4.69, 9.17) is 23.6 Å². The Hall–Kier alpha value is -2.35. The Morgan fingerprint density at radius 3 is 1.95 bits per heavy atom. The molecule has 1 aliphatic heterocycles. The van der Waals surface area contributed by atoms with Gasteiger partial charge < -0.3 is 42.6 Å². The third kappa shape index (κ3) is 7.40. The molecule has 0 bridgehead atoms. The predicted molar refractivity (Wildman–Crippen MR) is 169 cm³/mol. The van der Waals surface area contributed by atoms with Crippen molar-refractivity contribution in [3.8, 4) is 0 Å². The van der Waals surface area contributed by atoms with Gasteiger partial charge in [0.2, 0.25) is 5.89 Å². The quantitative estimate of drug-likeness (QED) is 0.185. The highest BCUT2D eigenvalue weighted by atomic mass is 127. The number of benzene rings is 3. The molecular weight excluding hydrogens is 656 g/mol. The van der Waals surface area contributed by atoms with Crippen LogP contribution in [0.1, 0.15) is 58.2 Å². The number of oxazole rings is 1. The zero-order chi connectivity index (χ0) is 28.9. The summed E-state index contributed by atoms with van der Waals surface area (Å²) in [6, 6.07) is 33.0. The number of aromatic nitrogens is 1. The van der Waals surface area contributed by atoms with Crippen LogP contribution in [0.15, 0.2) is 107 Å². The molecule has 0 aliphatic carbocycles. The summed E-state index contributed by atoms with van der Waals surface area (Å²) < 4.78 is 24.2. The molecule has 5 rings (SSSR count). The van der Waals surface area contributed by atoms with Gasteiger partial charge in [-0.3, -0.25) is 0 Å². The van der Waals surface area contributed by atoms with E-state index in [9.17, 15) is 0 Å². The molecule has 1 aromatic heterocycles. The molecule has 0 N–H and O–H groups in total. The van der Waals surface area contributed by atoms with Gasteiger partial charge in [-0.1, -0.05) is 54.6 Å². The van der Waals surface area contributed by atoms with E-state index in [0.717, 1.165) is 23.8 Å². The van der Waals surface area contributed by atoms with Gasteiger partial charge in [-0.15, -0.1) is 0 Å². The van der Waals surface area contributed by atoms with Crippen molar-refractivity contribution < 1.29 is 42.6 Å². The van der Waals surface area contributed by atoms with Gasteiger partial charge in [0, 0.05) is 26.0 Å². The Morgan fingerprint density at radius 1 is 0.929 bits per heavy atom. The van der Waals surface area contributed by atoms with Gasteiger partial charge in [-0.2, -0.15) is 0 Å². The van der Waals surface area contributed by atoms with E-state index in [-0.39, 0.29) is 42.3 Å². The van der Waals surface area contributed by atoms with Crippen LogP contribution in [0.3, 0.4) is 0 Å². The van der Waals surface area contributed by atoms with Crippen LogP contribution >= 0.6 is 7.26 Å². The molecular formula is C35H41INO4P. The molecule has 1 fully saturated rings. The lowest BCUT2D eigenvalue weighted by Crippen LogP contribution is -3.00. The van der Waals surface area contributed by atoms with E-state index >= 15 is 0 Å². The zero-order valence-electron chi connectivity index (χ0n) is 25.1. The van der Waals surface area contributed by atoms with Crippen LogP contribution in [0.25, 0.3) is 6.08 Å². The van der Waals surface area contributed by atoms with Crippen molar-refractivity contribution in [2.45, 2.75) is 64.6 Å². The molecule has 3 aromatic carbocycles. The maximum Gasteiger partial charge on any atom is 0.218 e. The third-order valence-electron chi connectivity index (χ3n) is 7.95. The minimum atomic E-state index is -1.95. The van der Waals surface area contributed by atoms with Gasteiger partial charge in [0.1, 0.15) is 41.2 Å². The molecule has 1 saturated heterocycles. The van der Waals surface area contributed by atoms with Crippen LogP contribution in [-0.4, -0.2) is 36.3 Å². The molecule has 42 heavy (non-hydrogen) atoms. The number of rotatable bonds is 10. The van der Waals surface area contributed by atoms with Gasteiger partial charge in [0.05, 0.1) is 18.4 Å². The van der Waals surface area contributed by atoms with Crippen molar-refractivity contribution in [1.29, 1.82) is 0 Å². The standard InChI is InChI=1S/C35H41NO4P.HI/c1-26(27(2)37-5)23-34-36-32(25-38-34)33-24-28(39-35(3,4)40-33)21-22-41(29-15-9-6-10-16-29,30-17-11-7-12-18-30)31-19-13-8-14-20-31;/h6-20,23,25,27-28,33H,21-22,24H2,1-5H3;1H/q+1;/p-1/b26-23-;/t27-,28+,33+;/m1./s1. The first kappa shape index (κ1) is 32.6. The number of nitrogens with zero attached hydrogens (tertiary/aromatic N) is 1. The highest BCUT2D eigenvalue weighted by Gasteiger charge is 2.47. The van der Waals surface area contributed by atoms with Crippen molar-refractivity contribution in [3.05, 3.63) is 114 Å². The molecule has 0 unspecified atom stereocenters. The average Bonchev–Trinajstić information content (AvgIpc) is 3.46. The molecule has 7 heteroatoms. The summed E-state index contributed by atoms with van der Waals surface area (Å²) in [7, 11) is -0.253. The highest BCUT2D eigenvalue weighted by Crippen LogP contribution is 2.56. The van der Waals surface area contributed by atoms with Crippen LogP contribution in [0.2, 0.25) is 0 Å². The Kier molecular flexibility index (Phi) is 11.2. The van der Waals surface area contributed by atoms with Crippen LogP contribution in [0.5, 0.6) is 0 Å². The Labute approximate surface area is 268 Å². The van der Waals surface area contributed by atoms with Gasteiger partial charge >= 0.3 is 0 Å². The van der Waals surface area contributed by atoms with E-state index in [1.165, 1.54) is 15.9 Å². The average molecular weight is 698 g/mol. The second kappa shape index (κ2) is 14.4. The largest absolute Gasteiger partial charge is 1.00 e. The molecule has 0 spiro atoms. The van der Waals surface area contributed by atoms with Crippen molar-refractivity contribution >= 4 is 29.3 Å². The molecule has 0 amide bonds. The first-order chi connectivity index (χ1) is 19.8. The number of methoxy groups -OCH3 is 1. The summed E-state index contributed by atoms with van der Waals surface area (Å²) in [5, 5.41) is 4.15. The second-order valence-electron chi connectivity index (χ2n) is 11.2. The minimum Gasteiger partial charge on any atom is -1.00 e. The molecule has 0 saturated carbocycles. The maximum absolute atomic E-state index is 6.55. The fraction of sp³-hybridized carbons (Fsp3) is 0.343. The highest BCUT2D eigenvalue weighted by molar-refractivity contribution is 7.95. The molecule has 2 heterocycles. The topological polar surface area (TPSA) is 53.7 Å². The monoisotopic (exact) mass is 697 g/mol. The summed E-state index contributed by atoms with van der Waals surface area (Å²) in [6.07, 6.45) is 6.02. The van der Waals surface area contributed by atoms with E-state index in [1.807, 2.05) is 33.8 Å². The summed E-state index contributed by atoms with van der Waals surface area (Å²) in [5.74, 6) is -0.177. The summed E-state index contributed by atoms with van der Waals surface area (Å²) >= 11 is 0. The van der Waals surface area contributed by atoms with Gasteiger partial charge in [-0.05, 0) is 69.7 Å². The van der Waals surface area contributed by atoms with Crippen LogP contribution < -0.4 is 39.9 Å². The van der Waals surface area contributed by atoms with Gasteiger partial charge in [0.25, 0.3) is 0 Å². The van der Waals surface area contributed by atoms with E-state index < -0.39 is 13.0 Å². The van der Waals surface area contributed by atoms with Crippen molar-refractivity contribution in [3.63, 3.8) is 0 Å². The van der Waals surface area contributed by atoms with E-state index in [1.54, 1.807) is 13.4 Å². The Balaban J connectivity index is 0.00000405. The van der Waals surface area contributed by atoms with Gasteiger partial charge in [-0.25, -0.2) is 4.98 Å². The van der Waals surface area contributed by atoms with Crippen molar-refractivity contribution in [2.24, 2.45) is 0 Å². The number of hydrogen-bond donors (Lipinski definition) is 0. The molecule has 3 atom stereocenters. The predicted octanol–water partition coefficient (Wildman–Crippen LogP) is 4.08. The van der Waals surface area contributed by atoms with Crippen LogP contribution in [0, 0.1) is 0 Å². The third-order valence-corrected chi connectivity index (χ3v) is 12.4. The normalized spacial score (nSPS) is 19.6. The van der Waals surface area contributed by atoms with Crippen molar-refractivity contribution in [2.75, 3.05) is 13.3 Å². The number of hydrogen-bond acceptors (Lipinski definition) is 5. The van der Waals surface area contributed by atoms with Crippen LogP contribution in [-0.2, 0) is 14.2 Å². The lowest BCUT2D eigenvalue weighted by Gasteiger charge is -2.40. The molecule has 5 nitrogen and oxygen atoms in total. The minimum absolute atomic E-state index is 0. The SMILES string of the molecule is CO[C@H](C)/C(C)=C\c1nc([C@@H]2C[C@H](CC[P+](c3ccccc3)(c3ccccc3)c3ccccc3)OC(C)(C)O2)co1.[I-]. The molecule has 4 aromatic rings. The summed E-state index contributed by atoms with van der Waals surface area (Å²) in [5.41, 5.74) is 1.85. The number of ether oxygens (including phenoxy) is 3. The first-order valence-electron chi connectivity index (χ1n) is 14.4. The fourth-order valence-corrected chi connectivity index (χ4v) is 10.1. The van der Waals surface area contributed by atoms with Gasteiger partial charge in [0.15, 0.2) is 5.79 Å². The fourth-order valence-electron chi connectivity index (χ4n) is 5.70. The molecule has 222 valence electrons. The van der Waals surface area contributed by atoms with Crippen LogP contribution in [0.4, 0.5) is 0 Å². The lowest BCUT2D eigenvalue weighted by molar-refractivity contribution is -0.302. The second-order valence-corrected chi connectivity index (χ2v) is 14.8. The van der Waals surface area contributed by atoms with E-state index in [0.29, 0.717) is 12.3 Å². The molecule has 0 radical (unpaired) electrons. The zero-order valence-corrected chi connectivity index (χ0v) is 28.1. The Morgan fingerprint density at radius 2 is 1.45 bits per heavy atom.